The summed E-state index contributed by atoms with van der Waals surface area (Å²) in [4.78, 5) is 10.7. The van der Waals surface area contributed by atoms with Gasteiger partial charge in [-0.1, -0.05) is 17.7 Å². The van der Waals surface area contributed by atoms with E-state index in [0.29, 0.717) is 17.2 Å². The Hall–Kier alpha value is -1.22. The van der Waals surface area contributed by atoms with Crippen molar-refractivity contribution in [3.63, 3.8) is 0 Å². The SMILES string of the molecule is O=C(O)C1CCc2ccc(Cl)cc2O1. The van der Waals surface area contributed by atoms with Crippen LogP contribution < -0.4 is 4.74 Å². The van der Waals surface area contributed by atoms with Crippen LogP contribution in [0.5, 0.6) is 5.75 Å². The second-order valence-electron chi connectivity index (χ2n) is 3.24. The van der Waals surface area contributed by atoms with Crippen molar-refractivity contribution in [1.29, 1.82) is 0 Å². The molecule has 1 unspecified atom stereocenters. The maximum atomic E-state index is 10.7. The van der Waals surface area contributed by atoms with Gasteiger partial charge in [0.25, 0.3) is 0 Å². The van der Waals surface area contributed by atoms with Crippen LogP contribution in [0.1, 0.15) is 12.0 Å². The van der Waals surface area contributed by atoms with Crippen LogP contribution >= 0.6 is 11.6 Å². The molecule has 2 rings (SSSR count). The molecule has 1 N–H and O–H groups in total. The molecule has 14 heavy (non-hydrogen) atoms. The lowest BCUT2D eigenvalue weighted by Gasteiger charge is -2.22. The zero-order chi connectivity index (χ0) is 10.1. The van der Waals surface area contributed by atoms with Crippen molar-refractivity contribution in [3.05, 3.63) is 28.8 Å². The van der Waals surface area contributed by atoms with Crippen LogP contribution in [-0.2, 0) is 11.2 Å². The number of aliphatic carboxylic acids is 1. The lowest BCUT2D eigenvalue weighted by Crippen LogP contribution is -2.30. The molecule has 1 aliphatic rings. The molecule has 1 atom stereocenters. The third-order valence-corrected chi connectivity index (χ3v) is 2.48. The van der Waals surface area contributed by atoms with Gasteiger partial charge in [-0.3, -0.25) is 0 Å². The minimum atomic E-state index is -0.921. The third kappa shape index (κ3) is 1.68. The highest BCUT2D eigenvalue weighted by atomic mass is 35.5. The Labute approximate surface area is 86.3 Å². The molecule has 0 saturated heterocycles. The second kappa shape index (κ2) is 3.50. The van der Waals surface area contributed by atoms with E-state index in [2.05, 4.69) is 0 Å². The fourth-order valence-corrected chi connectivity index (χ4v) is 1.68. The first-order valence-corrected chi connectivity index (χ1v) is 4.72. The lowest BCUT2D eigenvalue weighted by atomic mass is 10.0. The summed E-state index contributed by atoms with van der Waals surface area (Å²) in [5, 5.41) is 9.34. The largest absolute Gasteiger partial charge is 0.479 e. The van der Waals surface area contributed by atoms with Gasteiger partial charge in [-0.2, -0.15) is 0 Å². The Morgan fingerprint density at radius 2 is 2.36 bits per heavy atom. The average molecular weight is 213 g/mol. The summed E-state index contributed by atoms with van der Waals surface area (Å²) in [5.41, 5.74) is 1.02. The quantitative estimate of drug-likeness (QED) is 0.776. The van der Waals surface area contributed by atoms with E-state index in [-0.39, 0.29) is 0 Å². The van der Waals surface area contributed by atoms with Crippen molar-refractivity contribution in [2.75, 3.05) is 0 Å². The van der Waals surface area contributed by atoms with Crippen molar-refractivity contribution < 1.29 is 14.6 Å². The van der Waals surface area contributed by atoms with E-state index in [1.807, 2.05) is 6.07 Å². The summed E-state index contributed by atoms with van der Waals surface area (Å²) in [6.45, 7) is 0. The van der Waals surface area contributed by atoms with Gasteiger partial charge in [0.05, 0.1) is 0 Å². The third-order valence-electron chi connectivity index (χ3n) is 2.25. The number of carboxylic acids is 1. The second-order valence-corrected chi connectivity index (χ2v) is 3.67. The van der Waals surface area contributed by atoms with E-state index < -0.39 is 12.1 Å². The number of halogens is 1. The maximum absolute atomic E-state index is 10.7. The average Bonchev–Trinajstić information content (AvgIpc) is 2.16. The molecule has 0 aliphatic carbocycles. The lowest BCUT2D eigenvalue weighted by molar-refractivity contribution is -0.145. The standard InChI is InChI=1S/C10H9ClO3/c11-7-3-1-6-2-4-8(10(12)13)14-9(6)5-7/h1,3,5,8H,2,4H2,(H,12,13). The van der Waals surface area contributed by atoms with Crippen LogP contribution in [0.25, 0.3) is 0 Å². The number of ether oxygens (including phenoxy) is 1. The molecule has 0 bridgehead atoms. The van der Waals surface area contributed by atoms with E-state index in [1.54, 1.807) is 12.1 Å². The fourth-order valence-electron chi connectivity index (χ4n) is 1.52. The number of benzene rings is 1. The van der Waals surface area contributed by atoms with Gasteiger partial charge in [0, 0.05) is 5.02 Å². The van der Waals surface area contributed by atoms with Crippen molar-refractivity contribution >= 4 is 17.6 Å². The van der Waals surface area contributed by atoms with E-state index in [4.69, 9.17) is 21.4 Å². The highest BCUT2D eigenvalue weighted by Gasteiger charge is 2.25. The summed E-state index contributed by atoms with van der Waals surface area (Å²) < 4.78 is 5.29. The highest BCUT2D eigenvalue weighted by molar-refractivity contribution is 6.30. The minimum absolute atomic E-state index is 0.518. The van der Waals surface area contributed by atoms with Crippen molar-refractivity contribution in [2.24, 2.45) is 0 Å². The van der Waals surface area contributed by atoms with E-state index in [9.17, 15) is 4.79 Å². The summed E-state index contributed by atoms with van der Waals surface area (Å²) in [6, 6.07) is 5.31. The molecule has 1 aromatic carbocycles. The number of aryl methyl sites for hydroxylation is 1. The maximum Gasteiger partial charge on any atom is 0.344 e. The molecule has 4 heteroatoms. The molecule has 0 spiro atoms. The molecule has 0 fully saturated rings. The normalized spacial score (nSPS) is 19.6. The Balaban J connectivity index is 2.29. The Kier molecular flexibility index (Phi) is 2.33. The molecular formula is C10H9ClO3. The molecule has 1 aliphatic heterocycles. The van der Waals surface area contributed by atoms with E-state index in [1.165, 1.54) is 0 Å². The first-order chi connectivity index (χ1) is 6.66. The summed E-state index contributed by atoms with van der Waals surface area (Å²) in [5.74, 6) is -0.327. The minimum Gasteiger partial charge on any atom is -0.479 e. The molecule has 0 saturated carbocycles. The Bertz CT molecular complexity index is 376. The van der Waals surface area contributed by atoms with Gasteiger partial charge in [0.15, 0.2) is 6.10 Å². The predicted octanol–water partition coefficient (Wildman–Crippen LogP) is 2.12. The van der Waals surface area contributed by atoms with Crippen LogP contribution in [-0.4, -0.2) is 17.2 Å². The molecule has 1 heterocycles. The van der Waals surface area contributed by atoms with Gasteiger partial charge in [-0.25, -0.2) is 4.79 Å². The fraction of sp³-hybridized carbons (Fsp3) is 0.300. The van der Waals surface area contributed by atoms with Gasteiger partial charge >= 0.3 is 5.97 Å². The van der Waals surface area contributed by atoms with Gasteiger partial charge in [-0.15, -0.1) is 0 Å². The van der Waals surface area contributed by atoms with Gasteiger partial charge in [0.2, 0.25) is 0 Å². The van der Waals surface area contributed by atoms with Crippen LogP contribution in [0.15, 0.2) is 18.2 Å². The van der Waals surface area contributed by atoms with Crippen molar-refractivity contribution in [3.8, 4) is 5.75 Å². The number of hydrogen-bond acceptors (Lipinski definition) is 2. The Morgan fingerprint density at radius 1 is 1.57 bits per heavy atom. The van der Waals surface area contributed by atoms with Gasteiger partial charge in [-0.05, 0) is 30.5 Å². The van der Waals surface area contributed by atoms with Crippen LogP contribution in [0, 0.1) is 0 Å². The zero-order valence-corrected chi connectivity index (χ0v) is 8.12. The summed E-state index contributed by atoms with van der Waals surface area (Å²) >= 11 is 5.78. The number of carbonyl (C=O) groups is 1. The first-order valence-electron chi connectivity index (χ1n) is 4.35. The first kappa shape index (κ1) is 9.34. The number of carboxylic acid groups (broad SMARTS) is 1. The van der Waals surface area contributed by atoms with Crippen LogP contribution in [0.3, 0.4) is 0 Å². The predicted molar refractivity (Wildman–Crippen MR) is 51.8 cm³/mol. The number of hydrogen-bond donors (Lipinski definition) is 1. The van der Waals surface area contributed by atoms with Crippen LogP contribution in [0.2, 0.25) is 5.02 Å². The van der Waals surface area contributed by atoms with Crippen molar-refractivity contribution in [1.82, 2.24) is 0 Å². The number of rotatable bonds is 1. The highest BCUT2D eigenvalue weighted by Crippen LogP contribution is 2.30. The molecule has 0 aromatic heterocycles. The summed E-state index contributed by atoms with van der Waals surface area (Å²) in [7, 11) is 0. The topological polar surface area (TPSA) is 46.5 Å². The van der Waals surface area contributed by atoms with Gasteiger partial charge < -0.3 is 9.84 Å². The van der Waals surface area contributed by atoms with Crippen molar-refractivity contribution in [2.45, 2.75) is 18.9 Å². The van der Waals surface area contributed by atoms with E-state index >= 15 is 0 Å². The zero-order valence-electron chi connectivity index (χ0n) is 7.37. The van der Waals surface area contributed by atoms with Gasteiger partial charge in [0.1, 0.15) is 5.75 Å². The molecule has 0 amide bonds. The molecule has 74 valence electrons. The monoisotopic (exact) mass is 212 g/mol. The molecule has 1 aromatic rings. The van der Waals surface area contributed by atoms with E-state index in [0.717, 1.165) is 12.0 Å². The molecular weight excluding hydrogens is 204 g/mol. The number of fused-ring (bicyclic) bond motifs is 1. The molecule has 0 radical (unpaired) electrons. The summed E-state index contributed by atoms with van der Waals surface area (Å²) in [6.07, 6.45) is 0.508. The smallest absolute Gasteiger partial charge is 0.344 e. The van der Waals surface area contributed by atoms with Crippen LogP contribution in [0.4, 0.5) is 0 Å². The molecule has 3 nitrogen and oxygen atoms in total. The Morgan fingerprint density at radius 3 is 3.07 bits per heavy atom.